The number of nitrogens with one attached hydrogen (secondary N) is 1. The summed E-state index contributed by atoms with van der Waals surface area (Å²) in [6, 6.07) is 12.6. The Balaban J connectivity index is 1.92. The van der Waals surface area contributed by atoms with Gasteiger partial charge in [0.1, 0.15) is 11.6 Å². The Kier molecular flexibility index (Phi) is 5.89. The molecular weight excluding hydrogens is 313 g/mol. The van der Waals surface area contributed by atoms with Crippen LogP contribution in [0.2, 0.25) is 0 Å². The first-order valence-corrected chi connectivity index (χ1v) is 7.37. The molecule has 1 atom stereocenters. The smallest absolute Gasteiger partial charge is 0.311 e. The molecule has 1 N–H and O–H groups in total. The van der Waals surface area contributed by atoms with E-state index in [1.165, 1.54) is 32.2 Å². The van der Waals surface area contributed by atoms with E-state index in [2.05, 4.69) is 5.32 Å². The van der Waals surface area contributed by atoms with Crippen LogP contribution in [0, 0.1) is 5.82 Å². The molecule has 5 nitrogen and oxygen atoms in total. The van der Waals surface area contributed by atoms with E-state index < -0.39 is 23.8 Å². The third-order valence-corrected chi connectivity index (χ3v) is 3.28. The maximum Gasteiger partial charge on any atom is 0.311 e. The summed E-state index contributed by atoms with van der Waals surface area (Å²) in [5.41, 5.74) is 0.968. The van der Waals surface area contributed by atoms with E-state index in [1.807, 2.05) is 0 Å². The summed E-state index contributed by atoms with van der Waals surface area (Å²) in [7, 11) is 1.49. The number of methoxy groups -OCH3 is 1. The van der Waals surface area contributed by atoms with Gasteiger partial charge in [-0.05, 0) is 36.8 Å². The van der Waals surface area contributed by atoms with Crippen LogP contribution in [0.25, 0.3) is 0 Å². The van der Waals surface area contributed by atoms with E-state index in [0.29, 0.717) is 17.0 Å². The highest BCUT2D eigenvalue weighted by Gasteiger charge is 2.19. The molecular formula is C18H18FNO4. The Labute approximate surface area is 139 Å². The molecule has 0 radical (unpaired) electrons. The van der Waals surface area contributed by atoms with Crippen LogP contribution in [0.1, 0.15) is 12.5 Å². The van der Waals surface area contributed by atoms with Crippen molar-refractivity contribution < 1.29 is 23.5 Å². The molecule has 126 valence electrons. The van der Waals surface area contributed by atoms with Gasteiger partial charge in [0.25, 0.3) is 5.91 Å². The maximum absolute atomic E-state index is 13.1. The molecule has 0 aliphatic rings. The summed E-state index contributed by atoms with van der Waals surface area (Å²) in [6.07, 6.45) is -1.10. The fourth-order valence-corrected chi connectivity index (χ4v) is 2.09. The van der Waals surface area contributed by atoms with Gasteiger partial charge in [0.15, 0.2) is 6.10 Å². The lowest BCUT2D eigenvalue weighted by molar-refractivity contribution is -0.152. The highest BCUT2D eigenvalue weighted by atomic mass is 19.1. The zero-order valence-corrected chi connectivity index (χ0v) is 13.4. The molecule has 0 spiro atoms. The molecule has 0 bridgehead atoms. The molecule has 0 fully saturated rings. The molecule has 0 aliphatic carbocycles. The third kappa shape index (κ3) is 4.81. The maximum atomic E-state index is 13.1. The van der Waals surface area contributed by atoms with Gasteiger partial charge in [-0.15, -0.1) is 0 Å². The second kappa shape index (κ2) is 8.10. The van der Waals surface area contributed by atoms with Crippen LogP contribution < -0.4 is 10.1 Å². The standard InChI is InChI=1S/C18H18FNO4/c1-12(18(22)20-15-8-3-4-9-16(15)23-2)24-17(21)11-13-6-5-7-14(19)10-13/h3-10,12H,11H2,1-2H3,(H,20,22)/t12-/m1/s1. The van der Waals surface area contributed by atoms with E-state index in [-0.39, 0.29) is 6.42 Å². The average Bonchev–Trinajstić information content (AvgIpc) is 2.55. The first-order valence-electron chi connectivity index (χ1n) is 7.37. The van der Waals surface area contributed by atoms with Crippen LogP contribution in [0.15, 0.2) is 48.5 Å². The van der Waals surface area contributed by atoms with Crippen LogP contribution in [0.4, 0.5) is 10.1 Å². The van der Waals surface area contributed by atoms with Gasteiger partial charge in [-0.1, -0.05) is 24.3 Å². The number of rotatable bonds is 6. The number of amides is 1. The molecule has 24 heavy (non-hydrogen) atoms. The summed E-state index contributed by atoms with van der Waals surface area (Å²) >= 11 is 0. The number of hydrogen-bond acceptors (Lipinski definition) is 4. The zero-order chi connectivity index (χ0) is 17.5. The van der Waals surface area contributed by atoms with Crippen molar-refractivity contribution in [3.63, 3.8) is 0 Å². The number of para-hydroxylation sites is 2. The van der Waals surface area contributed by atoms with Crippen LogP contribution in [-0.2, 0) is 20.7 Å². The molecule has 0 unspecified atom stereocenters. The summed E-state index contributed by atoms with van der Waals surface area (Å²) in [5, 5.41) is 2.64. The van der Waals surface area contributed by atoms with Crippen molar-refractivity contribution in [2.75, 3.05) is 12.4 Å². The van der Waals surface area contributed by atoms with Gasteiger partial charge >= 0.3 is 5.97 Å². The predicted octanol–water partition coefficient (Wildman–Crippen LogP) is 2.95. The van der Waals surface area contributed by atoms with Gasteiger partial charge in [-0.25, -0.2) is 4.39 Å². The van der Waals surface area contributed by atoms with Crippen molar-refractivity contribution in [2.45, 2.75) is 19.4 Å². The van der Waals surface area contributed by atoms with Gasteiger partial charge in [0.05, 0.1) is 19.2 Å². The summed E-state index contributed by atoms with van der Waals surface area (Å²) in [4.78, 5) is 24.0. The molecule has 1 amide bonds. The van der Waals surface area contributed by atoms with Crippen molar-refractivity contribution in [3.8, 4) is 5.75 Å². The van der Waals surface area contributed by atoms with Gasteiger partial charge in [0.2, 0.25) is 0 Å². The Hall–Kier alpha value is -2.89. The lowest BCUT2D eigenvalue weighted by atomic mass is 10.1. The quantitative estimate of drug-likeness (QED) is 0.827. The predicted molar refractivity (Wildman–Crippen MR) is 87.3 cm³/mol. The summed E-state index contributed by atoms with van der Waals surface area (Å²) in [6.45, 7) is 1.47. The molecule has 0 aromatic heterocycles. The Morgan fingerprint density at radius 2 is 1.92 bits per heavy atom. The van der Waals surface area contributed by atoms with E-state index in [9.17, 15) is 14.0 Å². The van der Waals surface area contributed by atoms with Crippen LogP contribution in [-0.4, -0.2) is 25.1 Å². The van der Waals surface area contributed by atoms with E-state index in [4.69, 9.17) is 9.47 Å². The number of anilines is 1. The van der Waals surface area contributed by atoms with E-state index in [1.54, 1.807) is 30.3 Å². The van der Waals surface area contributed by atoms with Gasteiger partial charge in [-0.3, -0.25) is 9.59 Å². The monoisotopic (exact) mass is 331 g/mol. The van der Waals surface area contributed by atoms with Crippen LogP contribution in [0.5, 0.6) is 5.75 Å². The Morgan fingerprint density at radius 3 is 2.62 bits per heavy atom. The number of halogens is 1. The number of carbonyl (C=O) groups is 2. The minimum absolute atomic E-state index is 0.107. The first-order chi connectivity index (χ1) is 11.5. The summed E-state index contributed by atoms with van der Waals surface area (Å²) in [5.74, 6) is -1.01. The van der Waals surface area contributed by atoms with Gasteiger partial charge in [-0.2, -0.15) is 0 Å². The zero-order valence-electron chi connectivity index (χ0n) is 13.4. The molecule has 0 saturated heterocycles. The lowest BCUT2D eigenvalue weighted by Crippen LogP contribution is -2.30. The molecule has 0 heterocycles. The first kappa shape index (κ1) is 17.5. The van der Waals surface area contributed by atoms with Crippen molar-refractivity contribution >= 4 is 17.6 Å². The SMILES string of the molecule is COc1ccccc1NC(=O)[C@@H](C)OC(=O)Cc1cccc(F)c1. The van der Waals surface area contributed by atoms with Crippen LogP contribution in [0.3, 0.4) is 0 Å². The molecule has 6 heteroatoms. The topological polar surface area (TPSA) is 64.6 Å². The third-order valence-electron chi connectivity index (χ3n) is 3.28. The van der Waals surface area contributed by atoms with E-state index in [0.717, 1.165) is 0 Å². The average molecular weight is 331 g/mol. The minimum atomic E-state index is -0.990. The van der Waals surface area contributed by atoms with E-state index >= 15 is 0 Å². The molecule has 2 aromatic rings. The molecule has 0 saturated carbocycles. The normalized spacial score (nSPS) is 11.5. The van der Waals surface area contributed by atoms with Gasteiger partial charge in [0, 0.05) is 0 Å². The van der Waals surface area contributed by atoms with Crippen LogP contribution >= 0.6 is 0 Å². The molecule has 2 aromatic carbocycles. The Morgan fingerprint density at radius 1 is 1.17 bits per heavy atom. The fourth-order valence-electron chi connectivity index (χ4n) is 2.09. The number of esters is 1. The minimum Gasteiger partial charge on any atom is -0.495 e. The number of hydrogen-bond donors (Lipinski definition) is 1. The van der Waals surface area contributed by atoms with Crippen molar-refractivity contribution in [1.82, 2.24) is 0 Å². The number of benzene rings is 2. The Bertz CT molecular complexity index is 732. The molecule has 2 rings (SSSR count). The second-order valence-corrected chi connectivity index (χ2v) is 5.13. The van der Waals surface area contributed by atoms with Crippen molar-refractivity contribution in [1.29, 1.82) is 0 Å². The fraction of sp³-hybridized carbons (Fsp3) is 0.222. The van der Waals surface area contributed by atoms with Crippen molar-refractivity contribution in [2.24, 2.45) is 0 Å². The summed E-state index contributed by atoms with van der Waals surface area (Å²) < 4.78 is 23.3. The van der Waals surface area contributed by atoms with Gasteiger partial charge < -0.3 is 14.8 Å². The highest BCUT2D eigenvalue weighted by Crippen LogP contribution is 2.23. The largest absolute Gasteiger partial charge is 0.495 e. The second-order valence-electron chi connectivity index (χ2n) is 5.13. The number of ether oxygens (including phenoxy) is 2. The lowest BCUT2D eigenvalue weighted by Gasteiger charge is -2.15. The highest BCUT2D eigenvalue weighted by molar-refractivity contribution is 5.96. The number of carbonyl (C=O) groups excluding carboxylic acids is 2. The van der Waals surface area contributed by atoms with Crippen molar-refractivity contribution in [3.05, 3.63) is 59.9 Å². The molecule has 0 aliphatic heterocycles.